The second kappa shape index (κ2) is 6.82. The van der Waals surface area contributed by atoms with Gasteiger partial charge in [0.2, 0.25) is 10.0 Å². The molecule has 0 saturated heterocycles. The molecule has 0 spiro atoms. The Hall–Kier alpha value is -0.980. The molecule has 0 fully saturated rings. The molecule has 5 nitrogen and oxygen atoms in total. The third-order valence-electron chi connectivity index (χ3n) is 2.66. The third-order valence-corrected chi connectivity index (χ3v) is 4.55. The third kappa shape index (κ3) is 4.72. The molecule has 1 aromatic heterocycles. The van der Waals surface area contributed by atoms with Gasteiger partial charge in [-0.15, -0.1) is 0 Å². The number of nitrogens with zero attached hydrogens (tertiary/aromatic N) is 2. The maximum absolute atomic E-state index is 12.0. The van der Waals surface area contributed by atoms with Crippen LogP contribution in [0.4, 0.5) is 0 Å². The van der Waals surface area contributed by atoms with Gasteiger partial charge in [-0.25, -0.2) is 8.42 Å². The van der Waals surface area contributed by atoms with Crippen LogP contribution in [0.1, 0.15) is 24.2 Å². The van der Waals surface area contributed by atoms with E-state index in [0.29, 0.717) is 19.5 Å². The molecule has 1 aromatic rings. The molecule has 2 N–H and O–H groups in total. The summed E-state index contributed by atoms with van der Waals surface area (Å²) in [6, 6.07) is 5.60. The second-order valence-corrected chi connectivity index (χ2v) is 6.53. The van der Waals surface area contributed by atoms with Crippen molar-refractivity contribution < 1.29 is 8.42 Å². The van der Waals surface area contributed by atoms with Crippen LogP contribution in [-0.4, -0.2) is 37.1 Å². The monoisotopic (exact) mass is 271 g/mol. The zero-order valence-electron chi connectivity index (χ0n) is 11.0. The van der Waals surface area contributed by atoms with Crippen molar-refractivity contribution in [1.82, 2.24) is 9.29 Å². The maximum Gasteiger partial charge on any atom is 0.214 e. The Morgan fingerprint density at radius 3 is 2.67 bits per heavy atom. The highest BCUT2D eigenvalue weighted by Gasteiger charge is 2.17. The summed E-state index contributed by atoms with van der Waals surface area (Å²) in [6.45, 7) is 2.73. The molecule has 6 heteroatoms. The van der Waals surface area contributed by atoms with Crippen LogP contribution >= 0.6 is 0 Å². The molecule has 0 radical (unpaired) electrons. The first-order chi connectivity index (χ1) is 8.45. The lowest BCUT2D eigenvalue weighted by Gasteiger charge is -2.16. The van der Waals surface area contributed by atoms with Crippen LogP contribution in [0.15, 0.2) is 18.2 Å². The van der Waals surface area contributed by atoms with Gasteiger partial charge in [0.25, 0.3) is 0 Å². The van der Waals surface area contributed by atoms with Crippen molar-refractivity contribution in [2.75, 3.05) is 19.3 Å². The molecule has 1 rings (SSSR count). The van der Waals surface area contributed by atoms with E-state index in [9.17, 15) is 8.42 Å². The van der Waals surface area contributed by atoms with Crippen LogP contribution in [0.5, 0.6) is 0 Å². The summed E-state index contributed by atoms with van der Waals surface area (Å²) in [7, 11) is -1.62. The van der Waals surface area contributed by atoms with Crippen molar-refractivity contribution in [3.63, 3.8) is 0 Å². The molecule has 0 unspecified atom stereocenters. The number of nitrogens with two attached hydrogens (primary N) is 1. The number of hydrogen-bond acceptors (Lipinski definition) is 4. The number of rotatable bonds is 7. The molecule has 1 heterocycles. The van der Waals surface area contributed by atoms with Gasteiger partial charge in [0.05, 0.1) is 18.0 Å². The molecule has 102 valence electrons. The molecular formula is C12H21N3O2S. The molecule has 0 aliphatic rings. The lowest BCUT2D eigenvalue weighted by molar-refractivity contribution is 0.460. The van der Waals surface area contributed by atoms with E-state index in [0.717, 1.165) is 17.8 Å². The Labute approximate surface area is 109 Å². The van der Waals surface area contributed by atoms with Gasteiger partial charge in [-0.1, -0.05) is 6.07 Å². The number of aromatic nitrogens is 1. The lowest BCUT2D eigenvalue weighted by Crippen LogP contribution is -2.29. The van der Waals surface area contributed by atoms with Gasteiger partial charge < -0.3 is 5.73 Å². The quantitative estimate of drug-likeness (QED) is 0.747. The number of sulfonamides is 1. The number of pyridine rings is 1. The van der Waals surface area contributed by atoms with Crippen LogP contribution in [0.25, 0.3) is 0 Å². The van der Waals surface area contributed by atoms with Crippen molar-refractivity contribution >= 4 is 10.0 Å². The van der Waals surface area contributed by atoms with Gasteiger partial charge in [-0.3, -0.25) is 4.98 Å². The average Bonchev–Trinajstić information content (AvgIpc) is 2.29. The van der Waals surface area contributed by atoms with E-state index < -0.39 is 10.0 Å². The predicted molar refractivity (Wildman–Crippen MR) is 72.5 cm³/mol. The van der Waals surface area contributed by atoms with Crippen LogP contribution in [0, 0.1) is 6.92 Å². The lowest BCUT2D eigenvalue weighted by atomic mass is 10.3. The van der Waals surface area contributed by atoms with Crippen LogP contribution in [0.3, 0.4) is 0 Å². The Bertz CT molecular complexity index is 474. The fourth-order valence-electron chi connectivity index (χ4n) is 1.60. The van der Waals surface area contributed by atoms with E-state index in [2.05, 4.69) is 4.98 Å². The molecule has 0 amide bonds. The number of unbranched alkanes of at least 4 members (excludes halogenated alkanes) is 1. The molecule has 0 atom stereocenters. The Morgan fingerprint density at radius 1 is 1.33 bits per heavy atom. The Morgan fingerprint density at radius 2 is 2.06 bits per heavy atom. The highest BCUT2D eigenvalue weighted by atomic mass is 32.2. The topological polar surface area (TPSA) is 76.3 Å². The fraction of sp³-hybridized carbons (Fsp3) is 0.583. The predicted octanol–water partition coefficient (Wildman–Crippen LogP) is 0.891. The van der Waals surface area contributed by atoms with Gasteiger partial charge in [-0.05, 0) is 38.4 Å². The highest BCUT2D eigenvalue weighted by Crippen LogP contribution is 2.08. The molecule has 0 aromatic carbocycles. The molecule has 0 bridgehead atoms. The Balaban J connectivity index is 2.61. The molecular weight excluding hydrogens is 250 g/mol. The van der Waals surface area contributed by atoms with Crippen LogP contribution < -0.4 is 5.73 Å². The summed E-state index contributed by atoms with van der Waals surface area (Å²) >= 11 is 0. The van der Waals surface area contributed by atoms with Gasteiger partial charge in [0.15, 0.2) is 0 Å². The first-order valence-corrected chi connectivity index (χ1v) is 7.63. The van der Waals surface area contributed by atoms with E-state index in [4.69, 9.17) is 5.73 Å². The zero-order chi connectivity index (χ0) is 13.6. The Kier molecular flexibility index (Phi) is 5.71. The molecule has 0 aliphatic heterocycles. The standard InChI is InChI=1S/C12H21N3O2S/c1-11-6-5-7-12(14-11)10-15(2)18(16,17)9-4-3-8-13/h5-7H,3-4,8-10,13H2,1-2H3. The van der Waals surface area contributed by atoms with Gasteiger partial charge in [0, 0.05) is 12.7 Å². The fourth-order valence-corrected chi connectivity index (χ4v) is 2.81. The normalized spacial score (nSPS) is 12.0. The SMILES string of the molecule is Cc1cccc(CN(C)S(=O)(=O)CCCCN)n1. The summed E-state index contributed by atoms with van der Waals surface area (Å²) < 4.78 is 25.3. The minimum atomic E-state index is -3.21. The van der Waals surface area contributed by atoms with E-state index in [1.807, 2.05) is 25.1 Å². The smallest absolute Gasteiger partial charge is 0.214 e. The van der Waals surface area contributed by atoms with Crippen molar-refractivity contribution in [3.8, 4) is 0 Å². The second-order valence-electron chi connectivity index (χ2n) is 4.34. The first-order valence-electron chi connectivity index (χ1n) is 6.02. The number of hydrogen-bond donors (Lipinski definition) is 1. The minimum absolute atomic E-state index is 0.145. The van der Waals surface area contributed by atoms with E-state index >= 15 is 0 Å². The van der Waals surface area contributed by atoms with Crippen molar-refractivity contribution in [3.05, 3.63) is 29.6 Å². The maximum atomic E-state index is 12.0. The molecule has 0 aliphatic carbocycles. The summed E-state index contributed by atoms with van der Waals surface area (Å²) in [5, 5.41) is 0. The number of aryl methyl sites for hydroxylation is 1. The van der Waals surface area contributed by atoms with Crippen molar-refractivity contribution in [2.24, 2.45) is 5.73 Å². The van der Waals surface area contributed by atoms with Gasteiger partial charge in [0.1, 0.15) is 0 Å². The largest absolute Gasteiger partial charge is 0.330 e. The highest BCUT2D eigenvalue weighted by molar-refractivity contribution is 7.89. The van der Waals surface area contributed by atoms with Crippen molar-refractivity contribution in [2.45, 2.75) is 26.3 Å². The molecule has 18 heavy (non-hydrogen) atoms. The van der Waals surface area contributed by atoms with E-state index in [1.54, 1.807) is 7.05 Å². The van der Waals surface area contributed by atoms with Crippen LogP contribution in [0.2, 0.25) is 0 Å². The van der Waals surface area contributed by atoms with E-state index in [-0.39, 0.29) is 5.75 Å². The van der Waals surface area contributed by atoms with E-state index in [1.165, 1.54) is 4.31 Å². The first kappa shape index (κ1) is 15.1. The van der Waals surface area contributed by atoms with Crippen molar-refractivity contribution in [1.29, 1.82) is 0 Å². The average molecular weight is 271 g/mol. The summed E-state index contributed by atoms with van der Waals surface area (Å²) in [5.41, 5.74) is 7.01. The van der Waals surface area contributed by atoms with Crippen LogP contribution in [-0.2, 0) is 16.6 Å². The minimum Gasteiger partial charge on any atom is -0.330 e. The summed E-state index contributed by atoms with van der Waals surface area (Å²) in [5.74, 6) is 0.145. The van der Waals surface area contributed by atoms with Gasteiger partial charge in [-0.2, -0.15) is 4.31 Å². The summed E-state index contributed by atoms with van der Waals surface area (Å²) in [6.07, 6.45) is 1.33. The van der Waals surface area contributed by atoms with Gasteiger partial charge >= 0.3 is 0 Å². The summed E-state index contributed by atoms with van der Waals surface area (Å²) in [4.78, 5) is 4.30. The zero-order valence-corrected chi connectivity index (χ0v) is 11.8. The molecule has 0 saturated carbocycles.